The molecular weight excluding hydrogens is 438 g/mol. The maximum Gasteiger partial charge on any atom is 0.293 e. The van der Waals surface area contributed by atoms with Gasteiger partial charge in [0, 0.05) is 35.5 Å². The van der Waals surface area contributed by atoms with Gasteiger partial charge >= 0.3 is 0 Å². The molecule has 0 fully saturated rings. The van der Waals surface area contributed by atoms with Crippen LogP contribution in [0.15, 0.2) is 70.5 Å². The lowest BCUT2D eigenvalue weighted by Gasteiger charge is -2.03. The number of Topliss-reactive ketones (excluding diaryl/α,β-unsaturated/α-hetero) is 1. The number of hydrogen-bond donors (Lipinski definition) is 2. The standard InChI is InChI=1S/C25H21N3O4S/c1-15(29)18-7-9-20(10-8-18)22-11-12-23(32-22)24(31)28-25-27-21(14-33-25)19-5-3-17(4-6-19)13-26-16(2)30/h3-12,14H,13H2,1-2H3,(H,26,30)(H,27,28,31). The van der Waals surface area contributed by atoms with Crippen LogP contribution in [0, 0.1) is 0 Å². The smallest absolute Gasteiger partial charge is 0.293 e. The first-order chi connectivity index (χ1) is 15.9. The van der Waals surface area contributed by atoms with Crippen LogP contribution in [0.3, 0.4) is 0 Å². The highest BCUT2D eigenvalue weighted by molar-refractivity contribution is 7.14. The molecule has 166 valence electrons. The van der Waals surface area contributed by atoms with Crippen LogP contribution in [0.2, 0.25) is 0 Å². The summed E-state index contributed by atoms with van der Waals surface area (Å²) in [7, 11) is 0. The summed E-state index contributed by atoms with van der Waals surface area (Å²) in [5.74, 6) is 0.223. The normalized spacial score (nSPS) is 10.6. The molecule has 0 saturated heterocycles. The highest BCUT2D eigenvalue weighted by Gasteiger charge is 2.15. The summed E-state index contributed by atoms with van der Waals surface area (Å²) >= 11 is 1.32. The van der Waals surface area contributed by atoms with Crippen molar-refractivity contribution in [2.45, 2.75) is 20.4 Å². The Balaban J connectivity index is 1.41. The lowest BCUT2D eigenvalue weighted by Crippen LogP contribution is -2.18. The van der Waals surface area contributed by atoms with E-state index in [0.29, 0.717) is 23.0 Å². The largest absolute Gasteiger partial charge is 0.451 e. The van der Waals surface area contributed by atoms with Crippen LogP contribution in [-0.2, 0) is 11.3 Å². The Bertz CT molecular complexity index is 1300. The maximum atomic E-state index is 12.6. The molecule has 0 atom stereocenters. The molecule has 33 heavy (non-hydrogen) atoms. The first-order valence-corrected chi connectivity index (χ1v) is 11.1. The molecule has 0 saturated carbocycles. The van der Waals surface area contributed by atoms with Crippen LogP contribution < -0.4 is 10.6 Å². The van der Waals surface area contributed by atoms with Crippen molar-refractivity contribution in [3.05, 3.63) is 82.9 Å². The molecule has 0 aliphatic rings. The van der Waals surface area contributed by atoms with Gasteiger partial charge in [0.05, 0.1) is 5.69 Å². The van der Waals surface area contributed by atoms with Gasteiger partial charge in [-0.2, -0.15) is 0 Å². The fraction of sp³-hybridized carbons (Fsp3) is 0.120. The van der Waals surface area contributed by atoms with Crippen LogP contribution in [-0.4, -0.2) is 22.6 Å². The number of carbonyl (C=O) groups is 3. The van der Waals surface area contributed by atoms with E-state index < -0.39 is 5.91 Å². The number of hydrogen-bond acceptors (Lipinski definition) is 6. The van der Waals surface area contributed by atoms with Crippen molar-refractivity contribution in [3.63, 3.8) is 0 Å². The van der Waals surface area contributed by atoms with E-state index in [4.69, 9.17) is 4.42 Å². The molecule has 7 nitrogen and oxygen atoms in total. The summed E-state index contributed by atoms with van der Waals surface area (Å²) in [6.07, 6.45) is 0. The van der Waals surface area contributed by atoms with E-state index in [0.717, 1.165) is 22.4 Å². The Kier molecular flexibility index (Phi) is 6.46. The van der Waals surface area contributed by atoms with Crippen molar-refractivity contribution in [3.8, 4) is 22.6 Å². The zero-order chi connectivity index (χ0) is 23.4. The molecule has 2 aromatic heterocycles. The predicted molar refractivity (Wildman–Crippen MR) is 127 cm³/mol. The molecule has 2 amide bonds. The van der Waals surface area contributed by atoms with Gasteiger partial charge in [0.25, 0.3) is 5.91 Å². The van der Waals surface area contributed by atoms with E-state index in [1.54, 1.807) is 36.4 Å². The van der Waals surface area contributed by atoms with Crippen LogP contribution in [0.1, 0.15) is 40.3 Å². The molecule has 4 rings (SSSR count). The second-order valence-corrected chi connectivity index (χ2v) is 8.25. The molecule has 0 bridgehead atoms. The third-order valence-corrected chi connectivity index (χ3v) is 5.68. The average Bonchev–Trinajstić information content (AvgIpc) is 3.48. The molecular formula is C25H21N3O4S. The monoisotopic (exact) mass is 459 g/mol. The SMILES string of the molecule is CC(=O)NCc1ccc(-c2csc(NC(=O)c3ccc(-c4ccc(C(C)=O)cc4)o3)n2)cc1. The van der Waals surface area contributed by atoms with E-state index in [1.165, 1.54) is 25.2 Å². The van der Waals surface area contributed by atoms with Gasteiger partial charge in [0.15, 0.2) is 16.7 Å². The highest BCUT2D eigenvalue weighted by atomic mass is 32.1. The van der Waals surface area contributed by atoms with Gasteiger partial charge in [-0.05, 0) is 24.6 Å². The molecule has 0 radical (unpaired) electrons. The summed E-state index contributed by atoms with van der Waals surface area (Å²) in [5, 5.41) is 7.85. The zero-order valence-corrected chi connectivity index (χ0v) is 18.9. The number of benzene rings is 2. The minimum Gasteiger partial charge on any atom is -0.451 e. The molecule has 0 aliphatic carbocycles. The Hall–Kier alpha value is -4.04. The number of thiazole rings is 1. The summed E-state index contributed by atoms with van der Waals surface area (Å²) in [6.45, 7) is 3.47. The number of nitrogens with zero attached hydrogens (tertiary/aromatic N) is 1. The molecule has 0 unspecified atom stereocenters. The van der Waals surface area contributed by atoms with Crippen LogP contribution >= 0.6 is 11.3 Å². The number of rotatable bonds is 7. The van der Waals surface area contributed by atoms with E-state index >= 15 is 0 Å². The number of nitrogens with one attached hydrogen (secondary N) is 2. The van der Waals surface area contributed by atoms with Gasteiger partial charge in [0.2, 0.25) is 5.91 Å². The minimum atomic E-state index is -0.395. The van der Waals surface area contributed by atoms with Gasteiger partial charge in [-0.15, -0.1) is 11.3 Å². The number of ketones is 1. The Morgan fingerprint density at radius 1 is 0.909 bits per heavy atom. The Morgan fingerprint density at radius 3 is 2.27 bits per heavy atom. The van der Waals surface area contributed by atoms with Gasteiger partial charge < -0.3 is 9.73 Å². The number of furan rings is 1. The van der Waals surface area contributed by atoms with E-state index in [2.05, 4.69) is 15.6 Å². The lowest BCUT2D eigenvalue weighted by atomic mass is 10.1. The average molecular weight is 460 g/mol. The van der Waals surface area contributed by atoms with E-state index in [1.807, 2.05) is 29.6 Å². The first kappa shape index (κ1) is 22.2. The second kappa shape index (κ2) is 9.62. The Morgan fingerprint density at radius 2 is 1.61 bits per heavy atom. The molecule has 0 spiro atoms. The second-order valence-electron chi connectivity index (χ2n) is 7.40. The zero-order valence-electron chi connectivity index (χ0n) is 18.0. The molecule has 4 aromatic rings. The molecule has 2 aromatic carbocycles. The van der Waals surface area contributed by atoms with Crippen molar-refractivity contribution in [2.75, 3.05) is 5.32 Å². The number of carbonyl (C=O) groups excluding carboxylic acids is 3. The highest BCUT2D eigenvalue weighted by Crippen LogP contribution is 2.27. The van der Waals surface area contributed by atoms with Gasteiger partial charge in [-0.25, -0.2) is 4.98 Å². The van der Waals surface area contributed by atoms with Crippen LogP contribution in [0.4, 0.5) is 5.13 Å². The maximum absolute atomic E-state index is 12.6. The summed E-state index contributed by atoms with van der Waals surface area (Å²) in [5.41, 5.74) is 4.03. The minimum absolute atomic E-state index is 0.00943. The Labute approximate surface area is 194 Å². The number of amides is 2. The molecule has 0 aliphatic heterocycles. The number of aromatic nitrogens is 1. The van der Waals surface area contributed by atoms with Crippen molar-refractivity contribution < 1.29 is 18.8 Å². The summed E-state index contributed by atoms with van der Waals surface area (Å²) in [6, 6.07) is 18.0. The first-order valence-electron chi connectivity index (χ1n) is 10.2. The fourth-order valence-electron chi connectivity index (χ4n) is 3.13. The topological polar surface area (TPSA) is 101 Å². The third-order valence-electron chi connectivity index (χ3n) is 4.92. The van der Waals surface area contributed by atoms with Crippen LogP contribution in [0.5, 0.6) is 0 Å². The predicted octanol–water partition coefficient (Wildman–Crippen LogP) is 5.16. The van der Waals surface area contributed by atoms with Crippen molar-refractivity contribution in [2.24, 2.45) is 0 Å². The van der Waals surface area contributed by atoms with Crippen LogP contribution in [0.25, 0.3) is 22.6 Å². The molecule has 2 heterocycles. The number of anilines is 1. The third kappa shape index (κ3) is 5.42. The quantitative estimate of drug-likeness (QED) is 0.372. The molecule has 2 N–H and O–H groups in total. The lowest BCUT2D eigenvalue weighted by molar-refractivity contribution is -0.119. The molecule has 8 heteroatoms. The van der Waals surface area contributed by atoms with E-state index in [-0.39, 0.29) is 17.5 Å². The van der Waals surface area contributed by atoms with Gasteiger partial charge in [-0.3, -0.25) is 19.7 Å². The summed E-state index contributed by atoms with van der Waals surface area (Å²) in [4.78, 5) is 39.5. The summed E-state index contributed by atoms with van der Waals surface area (Å²) < 4.78 is 5.70. The van der Waals surface area contributed by atoms with Gasteiger partial charge in [0.1, 0.15) is 5.76 Å². The van der Waals surface area contributed by atoms with Crippen molar-refractivity contribution in [1.29, 1.82) is 0 Å². The fourth-order valence-corrected chi connectivity index (χ4v) is 3.84. The van der Waals surface area contributed by atoms with Gasteiger partial charge in [-0.1, -0.05) is 48.5 Å². The van der Waals surface area contributed by atoms with E-state index in [9.17, 15) is 14.4 Å². The van der Waals surface area contributed by atoms with Crippen molar-refractivity contribution in [1.82, 2.24) is 10.3 Å². The van der Waals surface area contributed by atoms with Crippen molar-refractivity contribution >= 4 is 34.1 Å².